The highest BCUT2D eigenvalue weighted by atomic mass is 35.5. The number of aliphatic hydroxyl groups is 1. The number of aliphatic hydroxyl groups excluding tert-OH is 1. The predicted molar refractivity (Wildman–Crippen MR) is 80.8 cm³/mol. The van der Waals surface area contributed by atoms with Gasteiger partial charge in [-0.3, -0.25) is 0 Å². The maximum absolute atomic E-state index is 13.8. The molecule has 114 valence electrons. The van der Waals surface area contributed by atoms with Crippen molar-refractivity contribution in [3.05, 3.63) is 58.8 Å². The van der Waals surface area contributed by atoms with Crippen molar-refractivity contribution in [2.24, 2.45) is 5.92 Å². The third kappa shape index (κ3) is 4.30. The maximum atomic E-state index is 13.8. The lowest BCUT2D eigenvalue weighted by Crippen LogP contribution is -2.29. The molecule has 0 saturated carbocycles. The summed E-state index contributed by atoms with van der Waals surface area (Å²) < 4.78 is 19.1. The van der Waals surface area contributed by atoms with Crippen molar-refractivity contribution in [2.45, 2.75) is 19.4 Å². The van der Waals surface area contributed by atoms with Crippen LogP contribution in [-0.2, 0) is 6.42 Å². The number of hydrogen-bond acceptors (Lipinski definition) is 3. The third-order valence-electron chi connectivity index (χ3n) is 3.50. The average molecular weight is 312 g/mol. The van der Waals surface area contributed by atoms with Crippen LogP contribution in [-0.4, -0.2) is 18.3 Å². The second-order valence-electron chi connectivity index (χ2n) is 5.10. The maximum Gasteiger partial charge on any atom is 0.127 e. The second kappa shape index (κ2) is 7.59. The molecule has 0 aliphatic carbocycles. The summed E-state index contributed by atoms with van der Waals surface area (Å²) in [6, 6.07) is 8.37. The van der Waals surface area contributed by atoms with Gasteiger partial charge in [0.05, 0.1) is 12.3 Å². The lowest BCUT2D eigenvalue weighted by atomic mass is 9.99. The lowest BCUT2D eigenvalue weighted by Gasteiger charge is -2.19. The van der Waals surface area contributed by atoms with E-state index >= 15 is 0 Å². The summed E-state index contributed by atoms with van der Waals surface area (Å²) in [5, 5.41) is 13.2. The minimum atomic E-state index is -0.333. The van der Waals surface area contributed by atoms with Gasteiger partial charge in [0.15, 0.2) is 0 Å². The highest BCUT2D eigenvalue weighted by molar-refractivity contribution is 6.31. The van der Waals surface area contributed by atoms with E-state index in [4.69, 9.17) is 16.0 Å². The Morgan fingerprint density at radius 2 is 2.14 bits per heavy atom. The molecule has 0 spiro atoms. The van der Waals surface area contributed by atoms with Crippen molar-refractivity contribution < 1.29 is 13.9 Å². The molecule has 1 heterocycles. The fraction of sp³-hybridized carbons (Fsp3) is 0.375. The molecule has 0 bridgehead atoms. The zero-order valence-electron chi connectivity index (χ0n) is 11.9. The van der Waals surface area contributed by atoms with E-state index in [1.54, 1.807) is 18.4 Å². The highest BCUT2D eigenvalue weighted by Gasteiger charge is 2.16. The Labute approximate surface area is 128 Å². The van der Waals surface area contributed by atoms with Crippen LogP contribution in [0.4, 0.5) is 4.39 Å². The van der Waals surface area contributed by atoms with Crippen molar-refractivity contribution >= 4 is 11.6 Å². The molecular weight excluding hydrogens is 293 g/mol. The van der Waals surface area contributed by atoms with Gasteiger partial charge in [-0.1, -0.05) is 17.7 Å². The fourth-order valence-corrected chi connectivity index (χ4v) is 2.44. The molecule has 0 aliphatic heterocycles. The van der Waals surface area contributed by atoms with Crippen LogP contribution in [0.25, 0.3) is 0 Å². The average Bonchev–Trinajstić information content (AvgIpc) is 3.00. The molecule has 2 N–H and O–H groups in total. The second-order valence-corrected chi connectivity index (χ2v) is 5.51. The van der Waals surface area contributed by atoms with Gasteiger partial charge in [0.2, 0.25) is 0 Å². The molecule has 0 saturated heterocycles. The van der Waals surface area contributed by atoms with Gasteiger partial charge in [0, 0.05) is 23.7 Å². The first-order chi connectivity index (χ1) is 10.1. The summed E-state index contributed by atoms with van der Waals surface area (Å²) in [4.78, 5) is 0. The van der Waals surface area contributed by atoms with Crippen LogP contribution in [0.15, 0.2) is 41.0 Å². The summed E-state index contributed by atoms with van der Waals surface area (Å²) >= 11 is 6.02. The summed E-state index contributed by atoms with van der Waals surface area (Å²) in [7, 11) is 0. The van der Waals surface area contributed by atoms with E-state index in [1.165, 1.54) is 6.07 Å². The van der Waals surface area contributed by atoms with Crippen molar-refractivity contribution in [3.8, 4) is 0 Å². The monoisotopic (exact) mass is 311 g/mol. The van der Waals surface area contributed by atoms with Gasteiger partial charge < -0.3 is 14.8 Å². The van der Waals surface area contributed by atoms with Gasteiger partial charge >= 0.3 is 0 Å². The van der Waals surface area contributed by atoms with E-state index in [0.29, 0.717) is 23.6 Å². The molecule has 2 rings (SSSR count). The fourth-order valence-electron chi connectivity index (χ4n) is 2.20. The number of hydrogen-bond donors (Lipinski definition) is 2. The first-order valence-corrected chi connectivity index (χ1v) is 7.30. The first-order valence-electron chi connectivity index (χ1n) is 6.92. The van der Waals surface area contributed by atoms with Crippen molar-refractivity contribution in [2.75, 3.05) is 13.2 Å². The first kappa shape index (κ1) is 16.0. The topological polar surface area (TPSA) is 45.4 Å². The van der Waals surface area contributed by atoms with Gasteiger partial charge in [-0.15, -0.1) is 0 Å². The zero-order valence-corrected chi connectivity index (χ0v) is 12.6. The molecule has 0 fully saturated rings. The van der Waals surface area contributed by atoms with Gasteiger partial charge in [-0.2, -0.15) is 0 Å². The standard InChI is InChI=1S/C16H19ClFNO2/c1-11(16-6-3-7-21-16)19-9-12(10-20)8-13-14(17)4-2-5-15(13)18/h2-7,11-12,19-20H,8-10H2,1H3. The Balaban J connectivity index is 1.94. The molecule has 5 heteroatoms. The predicted octanol–water partition coefficient (Wildman–Crippen LogP) is 3.57. The van der Waals surface area contributed by atoms with Crippen LogP contribution in [0, 0.1) is 11.7 Å². The minimum absolute atomic E-state index is 0.0325. The van der Waals surface area contributed by atoms with E-state index in [0.717, 1.165) is 5.76 Å². The smallest absolute Gasteiger partial charge is 0.127 e. The van der Waals surface area contributed by atoms with Crippen LogP contribution in [0.5, 0.6) is 0 Å². The lowest BCUT2D eigenvalue weighted by molar-refractivity contribution is 0.216. The molecule has 0 radical (unpaired) electrons. The van der Waals surface area contributed by atoms with E-state index in [1.807, 2.05) is 19.1 Å². The van der Waals surface area contributed by atoms with Crippen LogP contribution in [0.3, 0.4) is 0 Å². The summed E-state index contributed by atoms with van der Waals surface area (Å²) in [6.07, 6.45) is 2.01. The Morgan fingerprint density at radius 1 is 1.33 bits per heavy atom. The summed E-state index contributed by atoms with van der Waals surface area (Å²) in [5.74, 6) is 0.382. The Bertz CT molecular complexity index is 539. The SMILES string of the molecule is CC(NCC(CO)Cc1c(F)cccc1Cl)c1ccco1. The molecule has 2 unspecified atom stereocenters. The molecule has 2 atom stereocenters. The van der Waals surface area contributed by atoms with Crippen molar-refractivity contribution in [3.63, 3.8) is 0 Å². The third-order valence-corrected chi connectivity index (χ3v) is 3.85. The van der Waals surface area contributed by atoms with Crippen molar-refractivity contribution in [1.29, 1.82) is 0 Å². The van der Waals surface area contributed by atoms with Gasteiger partial charge in [-0.25, -0.2) is 4.39 Å². The van der Waals surface area contributed by atoms with Crippen LogP contribution in [0.1, 0.15) is 24.3 Å². The molecule has 0 aliphatic rings. The van der Waals surface area contributed by atoms with Crippen molar-refractivity contribution in [1.82, 2.24) is 5.32 Å². The van der Waals surface area contributed by atoms with Gasteiger partial charge in [0.1, 0.15) is 11.6 Å². The largest absolute Gasteiger partial charge is 0.468 e. The van der Waals surface area contributed by atoms with Crippen LogP contribution >= 0.6 is 11.6 Å². The number of benzene rings is 1. The zero-order chi connectivity index (χ0) is 15.2. The number of halogens is 2. The molecule has 21 heavy (non-hydrogen) atoms. The number of furan rings is 1. The molecular formula is C16H19ClFNO2. The quantitative estimate of drug-likeness (QED) is 0.821. The van der Waals surface area contributed by atoms with E-state index < -0.39 is 0 Å². The number of rotatable bonds is 7. The van der Waals surface area contributed by atoms with Crippen LogP contribution in [0.2, 0.25) is 5.02 Å². The molecule has 2 aromatic rings. The van der Waals surface area contributed by atoms with Gasteiger partial charge in [0.25, 0.3) is 0 Å². The summed E-state index contributed by atoms with van der Waals surface area (Å²) in [6.45, 7) is 2.48. The van der Waals surface area contributed by atoms with Gasteiger partial charge in [-0.05, 0) is 43.5 Å². The normalized spacial score (nSPS) is 14.1. The molecule has 1 aromatic heterocycles. The van der Waals surface area contributed by atoms with E-state index in [9.17, 15) is 9.50 Å². The van der Waals surface area contributed by atoms with E-state index in [2.05, 4.69) is 5.32 Å². The summed E-state index contributed by atoms with van der Waals surface area (Å²) in [5.41, 5.74) is 0.450. The highest BCUT2D eigenvalue weighted by Crippen LogP contribution is 2.22. The Kier molecular flexibility index (Phi) is 5.79. The van der Waals surface area contributed by atoms with Crippen LogP contribution < -0.4 is 5.32 Å². The Hall–Kier alpha value is -1.36. The van der Waals surface area contributed by atoms with E-state index in [-0.39, 0.29) is 24.4 Å². The Morgan fingerprint density at radius 3 is 2.76 bits per heavy atom. The molecule has 1 aromatic carbocycles. The minimum Gasteiger partial charge on any atom is -0.468 e. The molecule has 0 amide bonds. The number of nitrogens with one attached hydrogen (secondary N) is 1. The molecule has 3 nitrogen and oxygen atoms in total.